The summed E-state index contributed by atoms with van der Waals surface area (Å²) < 4.78 is 21.2. The largest absolute Gasteiger partial charge is 0.339 e. The molecule has 0 unspecified atom stereocenters. The third kappa shape index (κ3) is 4.54. The lowest BCUT2D eigenvalue weighted by Gasteiger charge is -2.66. The van der Waals surface area contributed by atoms with E-state index in [9.17, 15) is 9.18 Å². The van der Waals surface area contributed by atoms with Crippen molar-refractivity contribution in [2.24, 2.45) is 10.8 Å². The van der Waals surface area contributed by atoms with Gasteiger partial charge in [0.1, 0.15) is 5.67 Å². The topological polar surface area (TPSA) is 72.1 Å². The van der Waals surface area contributed by atoms with Gasteiger partial charge in [0, 0.05) is 30.0 Å². The number of amides is 1. The van der Waals surface area contributed by atoms with E-state index >= 15 is 0 Å². The molecule has 1 amide bonds. The maximum atomic E-state index is 14.4. The van der Waals surface area contributed by atoms with Gasteiger partial charge >= 0.3 is 0 Å². The van der Waals surface area contributed by atoms with Crippen LogP contribution < -0.4 is 4.90 Å². The number of benzene rings is 2. The van der Waals surface area contributed by atoms with Crippen molar-refractivity contribution < 1.29 is 13.7 Å². The lowest BCUT2D eigenvalue weighted by atomic mass is 9.41. The van der Waals surface area contributed by atoms with E-state index in [0.717, 1.165) is 77.6 Å². The number of fused-ring (bicyclic) bond motifs is 4. The molecule has 0 saturated heterocycles. The summed E-state index contributed by atoms with van der Waals surface area (Å²) in [7, 11) is 0. The number of carbonyl (C=O) groups excluding carboxylic acids is 1. The van der Waals surface area contributed by atoms with Gasteiger partial charge in [0.25, 0.3) is 0 Å². The van der Waals surface area contributed by atoms with Gasteiger partial charge in [-0.3, -0.25) is 4.79 Å². The lowest BCUT2D eigenvalue weighted by molar-refractivity contribution is -0.215. The summed E-state index contributed by atoms with van der Waals surface area (Å²) in [6.07, 6.45) is 8.28. The molecule has 6 aliphatic carbocycles. The molecule has 6 fully saturated rings. The molecule has 4 aromatic rings. The second-order valence-electron chi connectivity index (χ2n) is 14.7. The molecule has 6 saturated carbocycles. The van der Waals surface area contributed by atoms with E-state index in [0.29, 0.717) is 32.2 Å². The lowest BCUT2D eigenvalue weighted by Crippen LogP contribution is -2.65. The third-order valence-electron chi connectivity index (χ3n) is 11.2. The Kier molecular flexibility index (Phi) is 6.02. The molecule has 6 nitrogen and oxygen atoms in total. The molecule has 0 radical (unpaired) electrons. The van der Waals surface area contributed by atoms with Crippen LogP contribution in [0.1, 0.15) is 101 Å². The van der Waals surface area contributed by atoms with E-state index in [1.807, 2.05) is 6.92 Å². The summed E-state index contributed by atoms with van der Waals surface area (Å²) >= 11 is 1.71. The van der Waals surface area contributed by atoms with E-state index in [1.165, 1.54) is 4.70 Å². The fourth-order valence-electron chi connectivity index (χ4n) is 8.72. The van der Waals surface area contributed by atoms with E-state index < -0.39 is 5.67 Å². The van der Waals surface area contributed by atoms with Crippen LogP contribution in [0.15, 0.2) is 47.0 Å². The molecule has 43 heavy (non-hydrogen) atoms. The molecule has 0 spiro atoms. The molecular weight excluding hydrogens is 559 g/mol. The zero-order valence-corrected chi connectivity index (χ0v) is 26.1. The van der Waals surface area contributed by atoms with Gasteiger partial charge in [-0.05, 0) is 111 Å². The van der Waals surface area contributed by atoms with Crippen LogP contribution >= 0.6 is 11.3 Å². The van der Waals surface area contributed by atoms with Crippen LogP contribution in [0.4, 0.5) is 10.1 Å². The summed E-state index contributed by atoms with van der Waals surface area (Å²) in [5, 5.41) is 5.49. The molecule has 2 aromatic heterocycles. The van der Waals surface area contributed by atoms with E-state index in [4.69, 9.17) is 9.51 Å². The Hall–Kier alpha value is -3.13. The second-order valence-corrected chi connectivity index (χ2v) is 15.9. The van der Waals surface area contributed by atoms with Crippen molar-refractivity contribution in [3.05, 3.63) is 59.2 Å². The van der Waals surface area contributed by atoms with Crippen molar-refractivity contribution in [1.29, 1.82) is 0 Å². The minimum absolute atomic E-state index is 0.0118. The van der Waals surface area contributed by atoms with Crippen molar-refractivity contribution in [3.63, 3.8) is 0 Å². The van der Waals surface area contributed by atoms with Gasteiger partial charge in [0.15, 0.2) is 5.82 Å². The van der Waals surface area contributed by atoms with Gasteiger partial charge in [0.2, 0.25) is 11.8 Å². The van der Waals surface area contributed by atoms with Crippen LogP contribution in [0, 0.1) is 17.8 Å². The van der Waals surface area contributed by atoms with Gasteiger partial charge < -0.3 is 9.42 Å². The predicted octanol–water partition coefficient (Wildman–Crippen LogP) is 8.69. The molecule has 224 valence electrons. The van der Waals surface area contributed by atoms with E-state index in [-0.39, 0.29) is 28.1 Å². The number of carbonyl (C=O) groups is 1. The third-order valence-corrected chi connectivity index (χ3v) is 12.1. The van der Waals surface area contributed by atoms with Crippen molar-refractivity contribution in [2.75, 3.05) is 11.4 Å². The minimum atomic E-state index is -1.00. The number of rotatable bonds is 8. The fourth-order valence-corrected chi connectivity index (χ4v) is 9.58. The Labute approximate surface area is 256 Å². The Morgan fingerprint density at radius 2 is 1.70 bits per heavy atom. The van der Waals surface area contributed by atoms with Crippen LogP contribution in [-0.4, -0.2) is 33.2 Å². The maximum Gasteiger partial charge on any atom is 0.229 e. The smallest absolute Gasteiger partial charge is 0.229 e. The average molecular weight is 599 g/mol. The van der Waals surface area contributed by atoms with Crippen LogP contribution in [0.3, 0.4) is 0 Å². The molecule has 4 bridgehead atoms. The first kappa shape index (κ1) is 27.4. The molecular formula is C35H39FN4O2S. The van der Waals surface area contributed by atoms with Gasteiger partial charge in [-0.1, -0.05) is 37.2 Å². The summed E-state index contributed by atoms with van der Waals surface area (Å²) in [5.74, 6) is 1.96. The monoisotopic (exact) mass is 598 g/mol. The van der Waals surface area contributed by atoms with Gasteiger partial charge in [-0.25, -0.2) is 9.37 Å². The number of anilines is 1. The highest BCUT2D eigenvalue weighted by molar-refractivity contribution is 7.18. The van der Waals surface area contributed by atoms with Crippen molar-refractivity contribution in [1.82, 2.24) is 15.1 Å². The number of thiazole rings is 1. The standard InChI is InChI=1S/C35H39FN4O2S/c1-22(2)30-38-31(39-42-30)34-12-9-32(10-13-34,11-14-34)21-40(29(41)17-33-18-35(36,19-33)20-33)26-6-4-5-24(15-26)25-7-8-27-28(16-25)43-23(3)37-27/h4-8,15-16,22H,9-14,17-21H2,1-3H3. The Morgan fingerprint density at radius 1 is 0.977 bits per heavy atom. The number of aromatic nitrogens is 3. The van der Waals surface area contributed by atoms with E-state index in [2.05, 4.69) is 71.4 Å². The molecule has 8 heteroatoms. The molecule has 0 atom stereocenters. The Balaban J connectivity index is 1.07. The number of nitrogens with zero attached hydrogens (tertiary/aromatic N) is 4. The van der Waals surface area contributed by atoms with Crippen LogP contribution in [0.5, 0.6) is 0 Å². The average Bonchev–Trinajstić information content (AvgIpc) is 3.62. The first-order valence-electron chi connectivity index (χ1n) is 15.9. The van der Waals surface area contributed by atoms with Crippen molar-refractivity contribution in [2.45, 2.75) is 102 Å². The van der Waals surface area contributed by atoms with Crippen molar-refractivity contribution >= 4 is 33.1 Å². The Bertz CT molecular complexity index is 1700. The van der Waals surface area contributed by atoms with E-state index in [1.54, 1.807) is 11.3 Å². The molecule has 0 N–H and O–H groups in total. The van der Waals surface area contributed by atoms with Crippen LogP contribution in [0.25, 0.3) is 21.3 Å². The number of hydrogen-bond acceptors (Lipinski definition) is 6. The fraction of sp³-hybridized carbons (Fsp3) is 0.543. The summed E-state index contributed by atoms with van der Waals surface area (Å²) in [6, 6.07) is 14.9. The SMILES string of the molecule is Cc1nc2ccc(-c3cccc(N(CC45CCC(c6noc(C(C)C)n6)(CC4)CC5)C(=O)CC45CC(F)(C4)C5)c3)cc2s1. The highest BCUT2D eigenvalue weighted by atomic mass is 32.1. The number of alkyl halides is 1. The van der Waals surface area contributed by atoms with Gasteiger partial charge in [-0.2, -0.15) is 4.98 Å². The molecule has 2 heterocycles. The molecule has 6 aliphatic rings. The molecule has 0 aliphatic heterocycles. The van der Waals surface area contributed by atoms with Crippen LogP contribution in [-0.2, 0) is 10.2 Å². The predicted molar refractivity (Wildman–Crippen MR) is 167 cm³/mol. The zero-order valence-electron chi connectivity index (χ0n) is 25.3. The van der Waals surface area contributed by atoms with Crippen LogP contribution in [0.2, 0.25) is 0 Å². The number of hydrogen-bond donors (Lipinski definition) is 0. The summed E-state index contributed by atoms with van der Waals surface area (Å²) in [4.78, 5) is 25.7. The number of aryl methyl sites for hydroxylation is 1. The maximum absolute atomic E-state index is 14.4. The van der Waals surface area contributed by atoms with Gasteiger partial charge in [0.05, 0.1) is 15.2 Å². The molecule has 10 rings (SSSR count). The minimum Gasteiger partial charge on any atom is -0.339 e. The first-order chi connectivity index (χ1) is 20.6. The quantitative estimate of drug-likeness (QED) is 0.203. The Morgan fingerprint density at radius 3 is 2.37 bits per heavy atom. The second kappa shape index (κ2) is 9.43. The zero-order chi connectivity index (χ0) is 29.6. The normalized spacial score (nSPS) is 30.8. The highest BCUT2D eigenvalue weighted by Crippen LogP contribution is 2.71. The molecule has 2 aromatic carbocycles. The first-order valence-corrected chi connectivity index (χ1v) is 16.7. The number of halogens is 1. The van der Waals surface area contributed by atoms with Gasteiger partial charge in [-0.15, -0.1) is 11.3 Å². The summed E-state index contributed by atoms with van der Waals surface area (Å²) in [6.45, 7) is 6.91. The van der Waals surface area contributed by atoms with Crippen molar-refractivity contribution in [3.8, 4) is 11.1 Å². The summed E-state index contributed by atoms with van der Waals surface area (Å²) in [5.41, 5.74) is 3.12. The highest BCUT2D eigenvalue weighted by Gasteiger charge is 2.69.